The molecule has 104 valence electrons. The van der Waals surface area contributed by atoms with E-state index < -0.39 is 0 Å². The SMILES string of the molecule is Cc1cc(CC(=O)N(C)CC2(CN)CC2)ccc1F. The summed E-state index contributed by atoms with van der Waals surface area (Å²) in [6.07, 6.45) is 2.53. The van der Waals surface area contributed by atoms with Crippen LogP contribution in [0.15, 0.2) is 18.2 Å². The molecule has 0 aromatic heterocycles. The Morgan fingerprint density at radius 3 is 2.68 bits per heavy atom. The Morgan fingerprint density at radius 1 is 1.47 bits per heavy atom. The number of likely N-dealkylation sites (N-methyl/N-ethyl adjacent to an activating group) is 1. The minimum atomic E-state index is -0.232. The minimum Gasteiger partial charge on any atom is -0.345 e. The molecule has 0 aliphatic heterocycles. The Kier molecular flexibility index (Phi) is 3.90. The van der Waals surface area contributed by atoms with Gasteiger partial charge in [0.05, 0.1) is 6.42 Å². The topological polar surface area (TPSA) is 46.3 Å². The van der Waals surface area contributed by atoms with Gasteiger partial charge in [-0.05, 0) is 43.5 Å². The summed E-state index contributed by atoms with van der Waals surface area (Å²) < 4.78 is 13.2. The molecule has 0 radical (unpaired) electrons. The van der Waals surface area contributed by atoms with E-state index >= 15 is 0 Å². The number of rotatable bonds is 5. The van der Waals surface area contributed by atoms with Crippen LogP contribution in [-0.4, -0.2) is 30.9 Å². The first-order chi connectivity index (χ1) is 8.96. The van der Waals surface area contributed by atoms with Crippen molar-refractivity contribution in [1.82, 2.24) is 4.90 Å². The van der Waals surface area contributed by atoms with Crippen molar-refractivity contribution in [3.63, 3.8) is 0 Å². The first-order valence-corrected chi connectivity index (χ1v) is 6.65. The summed E-state index contributed by atoms with van der Waals surface area (Å²) in [7, 11) is 1.81. The molecule has 0 unspecified atom stereocenters. The zero-order valence-corrected chi connectivity index (χ0v) is 11.6. The normalized spacial score (nSPS) is 16.2. The average Bonchev–Trinajstić information content (AvgIpc) is 3.14. The van der Waals surface area contributed by atoms with E-state index in [1.165, 1.54) is 6.07 Å². The summed E-state index contributed by atoms with van der Waals surface area (Å²) >= 11 is 0. The van der Waals surface area contributed by atoms with Crippen LogP contribution in [0.3, 0.4) is 0 Å². The van der Waals surface area contributed by atoms with Crippen molar-refractivity contribution in [3.8, 4) is 0 Å². The molecule has 0 atom stereocenters. The van der Waals surface area contributed by atoms with E-state index in [0.717, 1.165) is 24.9 Å². The number of nitrogens with zero attached hydrogens (tertiary/aromatic N) is 1. The van der Waals surface area contributed by atoms with Crippen molar-refractivity contribution in [2.45, 2.75) is 26.2 Å². The van der Waals surface area contributed by atoms with Gasteiger partial charge in [-0.1, -0.05) is 12.1 Å². The quantitative estimate of drug-likeness (QED) is 0.882. The fraction of sp³-hybridized carbons (Fsp3) is 0.533. The van der Waals surface area contributed by atoms with Gasteiger partial charge < -0.3 is 10.6 Å². The molecule has 1 aromatic rings. The number of amides is 1. The standard InChI is InChI=1S/C15H21FN2O/c1-11-7-12(3-4-13(11)16)8-14(19)18(2)10-15(9-17)5-6-15/h3-4,7H,5-6,8-10,17H2,1-2H3. The molecule has 1 aromatic carbocycles. The number of hydrogen-bond acceptors (Lipinski definition) is 2. The molecular formula is C15H21FN2O. The Bertz CT molecular complexity index is 483. The smallest absolute Gasteiger partial charge is 0.226 e. The Balaban J connectivity index is 1.94. The van der Waals surface area contributed by atoms with E-state index in [1.54, 1.807) is 24.0 Å². The van der Waals surface area contributed by atoms with Gasteiger partial charge in [-0.25, -0.2) is 4.39 Å². The summed E-state index contributed by atoms with van der Waals surface area (Å²) in [5.74, 6) is -0.171. The molecule has 3 nitrogen and oxygen atoms in total. The lowest BCUT2D eigenvalue weighted by Gasteiger charge is -2.23. The third-order valence-corrected chi connectivity index (χ3v) is 3.97. The molecule has 1 aliphatic rings. The van der Waals surface area contributed by atoms with E-state index in [-0.39, 0.29) is 17.1 Å². The van der Waals surface area contributed by atoms with Gasteiger partial charge in [-0.2, -0.15) is 0 Å². The van der Waals surface area contributed by atoms with Crippen molar-refractivity contribution in [2.75, 3.05) is 20.1 Å². The summed E-state index contributed by atoms with van der Waals surface area (Å²) in [5.41, 5.74) is 7.31. The maximum absolute atomic E-state index is 13.2. The van der Waals surface area contributed by atoms with Gasteiger partial charge in [-0.3, -0.25) is 4.79 Å². The second-order valence-electron chi connectivity index (χ2n) is 5.71. The van der Waals surface area contributed by atoms with E-state index in [1.807, 2.05) is 7.05 Å². The average molecular weight is 264 g/mol. The second kappa shape index (κ2) is 5.29. The van der Waals surface area contributed by atoms with Gasteiger partial charge in [0.15, 0.2) is 0 Å². The van der Waals surface area contributed by atoms with Gasteiger partial charge >= 0.3 is 0 Å². The molecule has 2 N–H and O–H groups in total. The molecule has 1 saturated carbocycles. The molecule has 0 saturated heterocycles. The maximum atomic E-state index is 13.2. The van der Waals surface area contributed by atoms with Crippen LogP contribution in [0.1, 0.15) is 24.0 Å². The fourth-order valence-corrected chi connectivity index (χ4v) is 2.32. The second-order valence-corrected chi connectivity index (χ2v) is 5.71. The van der Waals surface area contributed by atoms with Gasteiger partial charge in [0.2, 0.25) is 5.91 Å². The number of carbonyl (C=O) groups is 1. The minimum absolute atomic E-state index is 0.0609. The predicted molar refractivity (Wildman–Crippen MR) is 73.2 cm³/mol. The van der Waals surface area contributed by atoms with E-state index in [4.69, 9.17) is 5.73 Å². The molecule has 1 fully saturated rings. The van der Waals surface area contributed by atoms with Gasteiger partial charge in [0, 0.05) is 19.0 Å². The number of carbonyl (C=O) groups excluding carboxylic acids is 1. The fourth-order valence-electron chi connectivity index (χ4n) is 2.32. The lowest BCUT2D eigenvalue weighted by atomic mass is 10.1. The van der Waals surface area contributed by atoms with Crippen LogP contribution in [-0.2, 0) is 11.2 Å². The van der Waals surface area contributed by atoms with E-state index in [2.05, 4.69) is 0 Å². The number of nitrogens with two attached hydrogens (primary N) is 1. The number of hydrogen-bond donors (Lipinski definition) is 1. The highest BCUT2D eigenvalue weighted by molar-refractivity contribution is 5.78. The molecule has 1 aliphatic carbocycles. The zero-order valence-electron chi connectivity index (χ0n) is 11.6. The van der Waals surface area contributed by atoms with Crippen LogP contribution < -0.4 is 5.73 Å². The Labute approximate surface area is 113 Å². The van der Waals surface area contributed by atoms with Crippen LogP contribution in [0, 0.1) is 18.2 Å². The first kappa shape index (κ1) is 14.0. The highest BCUT2D eigenvalue weighted by Crippen LogP contribution is 2.44. The van der Waals surface area contributed by atoms with Crippen LogP contribution in [0.4, 0.5) is 4.39 Å². The summed E-state index contributed by atoms with van der Waals surface area (Å²) in [6, 6.07) is 4.82. The van der Waals surface area contributed by atoms with Gasteiger partial charge in [0.1, 0.15) is 5.82 Å². The summed E-state index contributed by atoms with van der Waals surface area (Å²) in [5, 5.41) is 0. The molecule has 1 amide bonds. The van der Waals surface area contributed by atoms with E-state index in [0.29, 0.717) is 18.5 Å². The maximum Gasteiger partial charge on any atom is 0.226 e. The summed E-state index contributed by atoms with van der Waals surface area (Å²) in [4.78, 5) is 13.9. The van der Waals surface area contributed by atoms with Crippen LogP contribution in [0.5, 0.6) is 0 Å². The molecule has 2 rings (SSSR count). The number of halogens is 1. The Hall–Kier alpha value is -1.42. The van der Waals surface area contributed by atoms with Crippen LogP contribution in [0.25, 0.3) is 0 Å². The Morgan fingerprint density at radius 2 is 2.16 bits per heavy atom. The van der Waals surface area contributed by atoms with Crippen molar-refractivity contribution < 1.29 is 9.18 Å². The highest BCUT2D eigenvalue weighted by Gasteiger charge is 2.42. The van der Waals surface area contributed by atoms with Gasteiger partial charge in [0.25, 0.3) is 0 Å². The molecule has 0 bridgehead atoms. The van der Waals surface area contributed by atoms with Crippen LogP contribution in [0.2, 0.25) is 0 Å². The zero-order chi connectivity index (χ0) is 14.0. The van der Waals surface area contributed by atoms with E-state index in [9.17, 15) is 9.18 Å². The summed E-state index contributed by atoms with van der Waals surface area (Å²) in [6.45, 7) is 3.07. The van der Waals surface area contributed by atoms with Crippen molar-refractivity contribution >= 4 is 5.91 Å². The van der Waals surface area contributed by atoms with Crippen molar-refractivity contribution in [1.29, 1.82) is 0 Å². The monoisotopic (exact) mass is 264 g/mol. The molecular weight excluding hydrogens is 243 g/mol. The molecule has 0 spiro atoms. The molecule has 19 heavy (non-hydrogen) atoms. The lowest BCUT2D eigenvalue weighted by Crippen LogP contribution is -2.36. The number of benzene rings is 1. The largest absolute Gasteiger partial charge is 0.345 e. The molecule has 4 heteroatoms. The van der Waals surface area contributed by atoms with Gasteiger partial charge in [-0.15, -0.1) is 0 Å². The predicted octanol–water partition coefficient (Wildman–Crippen LogP) is 1.87. The van der Waals surface area contributed by atoms with Crippen molar-refractivity contribution in [2.24, 2.45) is 11.1 Å². The third-order valence-electron chi connectivity index (χ3n) is 3.97. The van der Waals surface area contributed by atoms with Crippen molar-refractivity contribution in [3.05, 3.63) is 35.1 Å². The first-order valence-electron chi connectivity index (χ1n) is 6.65. The highest BCUT2D eigenvalue weighted by atomic mass is 19.1. The lowest BCUT2D eigenvalue weighted by molar-refractivity contribution is -0.129. The third kappa shape index (κ3) is 3.32. The van der Waals surface area contributed by atoms with Crippen LogP contribution >= 0.6 is 0 Å². The molecule has 0 heterocycles. The number of aryl methyl sites for hydroxylation is 1.